The van der Waals surface area contributed by atoms with Crippen molar-refractivity contribution in [3.8, 4) is 0 Å². The standard InChI is InChI=1S/C17H14F3N3OS/c18-17(19,20)10-5-12(23-16(24)9-7-21-8-9)15-14(6-10)25-13-4-2-1-3-11(13)22-15/h1-6,9,21-22H,7-8H2,(H,23,24). The number of carbonyl (C=O) groups excluding carboxylic acids is 1. The van der Waals surface area contributed by atoms with Gasteiger partial charge in [-0.15, -0.1) is 0 Å². The summed E-state index contributed by atoms with van der Waals surface area (Å²) in [5.74, 6) is -0.486. The lowest BCUT2D eigenvalue weighted by molar-refractivity contribution is -0.137. The van der Waals surface area contributed by atoms with Crippen LogP contribution in [0.2, 0.25) is 0 Å². The molecule has 0 bridgehead atoms. The number of hydrogen-bond donors (Lipinski definition) is 3. The number of fused-ring (bicyclic) bond motifs is 2. The van der Waals surface area contributed by atoms with Gasteiger partial charge in [-0.2, -0.15) is 13.2 Å². The molecule has 3 N–H and O–H groups in total. The number of nitrogens with one attached hydrogen (secondary N) is 3. The molecule has 1 amide bonds. The van der Waals surface area contributed by atoms with E-state index in [9.17, 15) is 18.0 Å². The molecular weight excluding hydrogens is 351 g/mol. The molecule has 0 unspecified atom stereocenters. The average Bonchev–Trinajstić information content (AvgIpc) is 2.50. The third-order valence-corrected chi connectivity index (χ3v) is 5.32. The minimum atomic E-state index is -4.48. The highest BCUT2D eigenvalue weighted by molar-refractivity contribution is 7.99. The largest absolute Gasteiger partial charge is 0.416 e. The van der Waals surface area contributed by atoms with Crippen molar-refractivity contribution in [2.75, 3.05) is 23.7 Å². The Hall–Kier alpha value is -2.19. The van der Waals surface area contributed by atoms with Gasteiger partial charge in [0, 0.05) is 22.9 Å². The molecule has 4 rings (SSSR count). The van der Waals surface area contributed by atoms with Crippen LogP contribution in [0.5, 0.6) is 0 Å². The zero-order valence-electron chi connectivity index (χ0n) is 12.9. The van der Waals surface area contributed by atoms with Gasteiger partial charge in [-0.1, -0.05) is 23.9 Å². The second-order valence-corrected chi connectivity index (χ2v) is 7.05. The lowest BCUT2D eigenvalue weighted by Crippen LogP contribution is -2.48. The van der Waals surface area contributed by atoms with Gasteiger partial charge in [-0.3, -0.25) is 4.79 Å². The first-order chi connectivity index (χ1) is 11.9. The van der Waals surface area contributed by atoms with E-state index >= 15 is 0 Å². The van der Waals surface area contributed by atoms with Gasteiger partial charge in [0.2, 0.25) is 5.91 Å². The molecule has 2 aromatic rings. The van der Waals surface area contributed by atoms with Crippen LogP contribution < -0.4 is 16.0 Å². The molecule has 0 atom stereocenters. The molecule has 2 aromatic carbocycles. The third kappa shape index (κ3) is 3.07. The molecule has 2 aliphatic rings. The summed E-state index contributed by atoms with van der Waals surface area (Å²) in [6.45, 7) is 1.08. The number of para-hydroxylation sites is 1. The Morgan fingerprint density at radius 2 is 1.92 bits per heavy atom. The second-order valence-electron chi connectivity index (χ2n) is 5.96. The van der Waals surface area contributed by atoms with Gasteiger partial charge in [0.15, 0.2) is 0 Å². The Morgan fingerprint density at radius 1 is 1.16 bits per heavy atom. The van der Waals surface area contributed by atoms with Crippen molar-refractivity contribution in [2.45, 2.75) is 16.0 Å². The van der Waals surface area contributed by atoms with E-state index in [0.717, 1.165) is 22.7 Å². The summed E-state index contributed by atoms with van der Waals surface area (Å²) >= 11 is 1.26. The van der Waals surface area contributed by atoms with Crippen LogP contribution in [0, 0.1) is 5.92 Å². The number of carbonyl (C=O) groups is 1. The van der Waals surface area contributed by atoms with Gasteiger partial charge < -0.3 is 16.0 Å². The van der Waals surface area contributed by atoms with Gasteiger partial charge in [-0.25, -0.2) is 0 Å². The van der Waals surface area contributed by atoms with Gasteiger partial charge in [0.1, 0.15) is 0 Å². The zero-order chi connectivity index (χ0) is 17.6. The van der Waals surface area contributed by atoms with Gasteiger partial charge in [-0.05, 0) is 24.3 Å². The number of amides is 1. The lowest BCUT2D eigenvalue weighted by Gasteiger charge is -2.28. The average molecular weight is 365 g/mol. The maximum Gasteiger partial charge on any atom is 0.416 e. The maximum atomic E-state index is 13.3. The first kappa shape index (κ1) is 16.3. The number of alkyl halides is 3. The Bertz CT molecular complexity index is 850. The fourth-order valence-electron chi connectivity index (χ4n) is 2.71. The number of anilines is 3. The minimum Gasteiger partial charge on any atom is -0.352 e. The first-order valence-corrected chi connectivity index (χ1v) is 8.54. The first-order valence-electron chi connectivity index (χ1n) is 7.72. The molecule has 130 valence electrons. The number of halogens is 3. The van der Waals surface area contributed by atoms with Gasteiger partial charge in [0.05, 0.1) is 28.5 Å². The molecule has 1 fully saturated rings. The molecule has 0 aliphatic carbocycles. The quantitative estimate of drug-likeness (QED) is 0.641. The molecule has 0 saturated carbocycles. The summed E-state index contributed by atoms with van der Waals surface area (Å²) in [7, 11) is 0. The van der Waals surface area contributed by atoms with E-state index in [2.05, 4.69) is 16.0 Å². The lowest BCUT2D eigenvalue weighted by atomic mass is 10.0. The van der Waals surface area contributed by atoms with E-state index in [1.807, 2.05) is 24.3 Å². The SMILES string of the molecule is O=C(Nc1cc(C(F)(F)F)cc2c1Nc1ccccc1S2)C1CNC1. The molecule has 2 aliphatic heterocycles. The summed E-state index contributed by atoms with van der Waals surface area (Å²) in [5, 5.41) is 8.79. The Labute approximate surface area is 146 Å². The van der Waals surface area contributed by atoms with Crippen molar-refractivity contribution in [3.63, 3.8) is 0 Å². The van der Waals surface area contributed by atoms with Gasteiger partial charge in [0.25, 0.3) is 0 Å². The molecule has 0 radical (unpaired) electrons. The molecular formula is C17H14F3N3OS. The van der Waals surface area contributed by atoms with E-state index < -0.39 is 11.7 Å². The highest BCUT2D eigenvalue weighted by Gasteiger charge is 2.34. The van der Waals surface area contributed by atoms with E-state index in [4.69, 9.17) is 0 Å². The van der Waals surface area contributed by atoms with Crippen molar-refractivity contribution in [1.29, 1.82) is 0 Å². The summed E-state index contributed by atoms with van der Waals surface area (Å²) in [5.41, 5.74) is 0.684. The fraction of sp³-hybridized carbons (Fsp3) is 0.235. The van der Waals surface area contributed by atoms with Crippen LogP contribution in [0.1, 0.15) is 5.56 Å². The number of benzene rings is 2. The molecule has 8 heteroatoms. The molecule has 1 saturated heterocycles. The normalized spacial score (nSPS) is 16.3. The van der Waals surface area contributed by atoms with E-state index in [0.29, 0.717) is 23.7 Å². The third-order valence-electron chi connectivity index (χ3n) is 4.21. The van der Waals surface area contributed by atoms with Gasteiger partial charge >= 0.3 is 6.18 Å². The second kappa shape index (κ2) is 5.96. The number of hydrogen-bond acceptors (Lipinski definition) is 4. The Morgan fingerprint density at radius 3 is 2.60 bits per heavy atom. The maximum absolute atomic E-state index is 13.3. The van der Waals surface area contributed by atoms with Crippen molar-refractivity contribution >= 4 is 34.7 Å². The number of rotatable bonds is 2. The van der Waals surface area contributed by atoms with Crippen molar-refractivity contribution in [2.24, 2.45) is 5.92 Å². The topological polar surface area (TPSA) is 53.2 Å². The smallest absolute Gasteiger partial charge is 0.352 e. The monoisotopic (exact) mass is 365 g/mol. The van der Waals surface area contributed by atoms with E-state index in [1.165, 1.54) is 11.8 Å². The van der Waals surface area contributed by atoms with Crippen molar-refractivity contribution in [3.05, 3.63) is 42.0 Å². The zero-order valence-corrected chi connectivity index (χ0v) is 13.7. The van der Waals surface area contributed by atoms with Crippen LogP contribution >= 0.6 is 11.8 Å². The summed E-state index contributed by atoms with van der Waals surface area (Å²) < 4.78 is 39.8. The van der Waals surface area contributed by atoms with Crippen LogP contribution in [-0.4, -0.2) is 19.0 Å². The molecule has 4 nitrogen and oxygen atoms in total. The van der Waals surface area contributed by atoms with Crippen molar-refractivity contribution < 1.29 is 18.0 Å². The molecule has 0 spiro atoms. The Kier molecular flexibility index (Phi) is 3.88. The highest BCUT2D eigenvalue weighted by Crippen LogP contribution is 2.49. The highest BCUT2D eigenvalue weighted by atomic mass is 32.2. The van der Waals surface area contributed by atoms with Crippen molar-refractivity contribution in [1.82, 2.24) is 5.32 Å². The molecule has 25 heavy (non-hydrogen) atoms. The summed E-state index contributed by atoms with van der Waals surface area (Å²) in [6.07, 6.45) is -4.48. The molecule has 2 heterocycles. The van der Waals surface area contributed by atoms with Crippen LogP contribution in [0.15, 0.2) is 46.2 Å². The minimum absolute atomic E-state index is 0.156. The van der Waals surface area contributed by atoms with Crippen LogP contribution in [0.3, 0.4) is 0 Å². The van der Waals surface area contributed by atoms with Crippen LogP contribution in [0.4, 0.5) is 30.2 Å². The summed E-state index contributed by atoms with van der Waals surface area (Å²) in [4.78, 5) is 13.5. The predicted octanol–water partition coefficient (Wildman–Crippen LogP) is 4.07. The Balaban J connectivity index is 1.75. The van der Waals surface area contributed by atoms with Crippen LogP contribution in [0.25, 0.3) is 0 Å². The fourth-order valence-corrected chi connectivity index (χ4v) is 3.77. The van der Waals surface area contributed by atoms with E-state index in [-0.39, 0.29) is 17.5 Å². The van der Waals surface area contributed by atoms with Crippen LogP contribution in [-0.2, 0) is 11.0 Å². The predicted molar refractivity (Wildman–Crippen MR) is 90.3 cm³/mol. The molecule has 0 aromatic heterocycles. The summed E-state index contributed by atoms with van der Waals surface area (Å²) in [6, 6.07) is 9.48. The van der Waals surface area contributed by atoms with E-state index in [1.54, 1.807) is 0 Å².